The predicted octanol–water partition coefficient (Wildman–Crippen LogP) is 2.19. The Hall–Kier alpha value is -0.590. The molecule has 1 aliphatic carbocycles. The van der Waals surface area contributed by atoms with Crippen LogP contribution >= 0.6 is 0 Å². The molecule has 0 radical (unpaired) electrons. The molecule has 1 nitrogen and oxygen atoms in total. The second kappa shape index (κ2) is 2.57. The minimum Gasteiger partial charge on any atom is -0.289 e. The molecule has 2 atom stereocenters. The van der Waals surface area contributed by atoms with Crippen LogP contribution in [0, 0.1) is 5.92 Å². The van der Waals surface area contributed by atoms with Gasteiger partial charge in [-0.05, 0) is 24.8 Å². The molecule has 2 aliphatic rings. The Balaban J connectivity index is 2.09. The van der Waals surface area contributed by atoms with Crippen LogP contribution in [0.25, 0.3) is 0 Å². The Labute approximate surface area is 61.9 Å². The van der Waals surface area contributed by atoms with Gasteiger partial charge in [0.2, 0.25) is 0 Å². The van der Waals surface area contributed by atoms with Crippen LogP contribution in [0.15, 0.2) is 17.1 Å². The van der Waals surface area contributed by atoms with Gasteiger partial charge in [0.15, 0.2) is 0 Å². The van der Waals surface area contributed by atoms with E-state index in [-0.39, 0.29) is 0 Å². The van der Waals surface area contributed by atoms with E-state index >= 15 is 0 Å². The van der Waals surface area contributed by atoms with Gasteiger partial charge in [-0.25, -0.2) is 0 Å². The molecule has 2 rings (SSSR count). The average Bonchev–Trinajstić information content (AvgIpc) is 2.05. The number of aliphatic imine (C=N–C) groups is 1. The second-order valence-corrected chi connectivity index (χ2v) is 3.20. The summed E-state index contributed by atoms with van der Waals surface area (Å²) in [6.45, 7) is 0. The molecule has 0 spiro atoms. The van der Waals surface area contributed by atoms with E-state index < -0.39 is 0 Å². The van der Waals surface area contributed by atoms with Crippen molar-refractivity contribution in [2.75, 3.05) is 0 Å². The molecule has 0 saturated heterocycles. The third kappa shape index (κ3) is 1.00. The lowest BCUT2D eigenvalue weighted by Gasteiger charge is -2.27. The van der Waals surface area contributed by atoms with Crippen molar-refractivity contribution < 1.29 is 0 Å². The average molecular weight is 135 g/mol. The zero-order chi connectivity index (χ0) is 6.81. The molecule has 1 fully saturated rings. The van der Waals surface area contributed by atoms with Crippen LogP contribution in [0.3, 0.4) is 0 Å². The number of fused-ring (bicyclic) bond motifs is 1. The first-order valence-electron chi connectivity index (χ1n) is 4.17. The molecule has 10 heavy (non-hydrogen) atoms. The summed E-state index contributed by atoms with van der Waals surface area (Å²) < 4.78 is 0. The Bertz CT molecular complexity index is 150. The number of hydrogen-bond donors (Lipinski definition) is 0. The molecule has 0 unspecified atom stereocenters. The minimum absolute atomic E-state index is 0.638. The minimum atomic E-state index is 0.638. The van der Waals surface area contributed by atoms with Crippen LogP contribution in [0.4, 0.5) is 0 Å². The van der Waals surface area contributed by atoms with Crippen molar-refractivity contribution in [1.82, 2.24) is 0 Å². The molecule has 0 aromatic rings. The lowest BCUT2D eigenvalue weighted by atomic mass is 9.84. The van der Waals surface area contributed by atoms with Crippen LogP contribution in [-0.2, 0) is 0 Å². The van der Waals surface area contributed by atoms with E-state index in [1.54, 1.807) is 0 Å². The molecule has 0 N–H and O–H groups in total. The summed E-state index contributed by atoms with van der Waals surface area (Å²) in [4.78, 5) is 4.44. The van der Waals surface area contributed by atoms with Gasteiger partial charge < -0.3 is 0 Å². The topological polar surface area (TPSA) is 12.4 Å². The summed E-state index contributed by atoms with van der Waals surface area (Å²) in [6, 6.07) is 0.638. The van der Waals surface area contributed by atoms with E-state index in [1.807, 2.05) is 6.21 Å². The van der Waals surface area contributed by atoms with E-state index in [4.69, 9.17) is 0 Å². The Morgan fingerprint density at radius 2 is 2.10 bits per heavy atom. The van der Waals surface area contributed by atoms with Gasteiger partial charge in [-0.3, -0.25) is 4.99 Å². The quantitative estimate of drug-likeness (QED) is 0.483. The highest BCUT2D eigenvalue weighted by atomic mass is 14.8. The first-order valence-corrected chi connectivity index (χ1v) is 4.17. The standard InChI is InChI=1S/C9H13N/c1-2-6-9-8(4-1)5-3-7-10-9/h3,5,7-9H,1-2,4,6H2/t8-,9-/m1/s1. The van der Waals surface area contributed by atoms with Crippen LogP contribution in [0.5, 0.6) is 0 Å². The Kier molecular flexibility index (Phi) is 1.58. The predicted molar refractivity (Wildman–Crippen MR) is 43.4 cm³/mol. The van der Waals surface area contributed by atoms with E-state index in [0.717, 1.165) is 5.92 Å². The number of nitrogens with zero attached hydrogens (tertiary/aromatic N) is 1. The maximum absolute atomic E-state index is 4.44. The van der Waals surface area contributed by atoms with Gasteiger partial charge in [-0.1, -0.05) is 18.9 Å². The SMILES string of the molecule is C1=C[C@H]2CCCC[C@H]2N=C1. The fraction of sp³-hybridized carbons (Fsp3) is 0.667. The Morgan fingerprint density at radius 3 is 3.00 bits per heavy atom. The number of rotatable bonds is 0. The number of allylic oxidation sites excluding steroid dienone is 1. The van der Waals surface area contributed by atoms with Gasteiger partial charge in [0.05, 0.1) is 6.04 Å². The molecule has 1 saturated carbocycles. The molecule has 1 aliphatic heterocycles. The van der Waals surface area contributed by atoms with E-state index in [1.165, 1.54) is 25.7 Å². The first-order chi connectivity index (χ1) is 4.97. The lowest BCUT2D eigenvalue weighted by Crippen LogP contribution is -2.23. The molecule has 0 bridgehead atoms. The zero-order valence-corrected chi connectivity index (χ0v) is 6.16. The van der Waals surface area contributed by atoms with Crippen LogP contribution in [0.2, 0.25) is 0 Å². The number of hydrogen-bond acceptors (Lipinski definition) is 1. The van der Waals surface area contributed by atoms with Crippen molar-refractivity contribution in [2.24, 2.45) is 10.9 Å². The highest BCUT2D eigenvalue weighted by Gasteiger charge is 2.22. The van der Waals surface area contributed by atoms with Crippen molar-refractivity contribution in [2.45, 2.75) is 31.7 Å². The van der Waals surface area contributed by atoms with Crippen LogP contribution in [0.1, 0.15) is 25.7 Å². The fourth-order valence-electron chi connectivity index (χ4n) is 1.90. The number of dihydropyridines is 1. The van der Waals surface area contributed by atoms with Crippen molar-refractivity contribution in [1.29, 1.82) is 0 Å². The smallest absolute Gasteiger partial charge is 0.0562 e. The van der Waals surface area contributed by atoms with Crippen LogP contribution < -0.4 is 0 Å². The van der Waals surface area contributed by atoms with Crippen molar-refractivity contribution >= 4 is 6.21 Å². The molecule has 0 aromatic carbocycles. The molecular formula is C9H13N. The van der Waals surface area contributed by atoms with Gasteiger partial charge in [-0.2, -0.15) is 0 Å². The highest BCUT2D eigenvalue weighted by Crippen LogP contribution is 2.28. The second-order valence-electron chi connectivity index (χ2n) is 3.20. The molecule has 1 heterocycles. The first kappa shape index (κ1) is 6.14. The van der Waals surface area contributed by atoms with Gasteiger partial charge in [-0.15, -0.1) is 0 Å². The van der Waals surface area contributed by atoms with E-state index in [2.05, 4.69) is 17.1 Å². The molecule has 0 aromatic heterocycles. The monoisotopic (exact) mass is 135 g/mol. The molecular weight excluding hydrogens is 122 g/mol. The largest absolute Gasteiger partial charge is 0.289 e. The third-order valence-electron chi connectivity index (χ3n) is 2.50. The Morgan fingerprint density at radius 1 is 1.20 bits per heavy atom. The maximum Gasteiger partial charge on any atom is 0.0562 e. The van der Waals surface area contributed by atoms with Crippen molar-refractivity contribution in [3.63, 3.8) is 0 Å². The van der Waals surface area contributed by atoms with E-state index in [0.29, 0.717) is 6.04 Å². The summed E-state index contributed by atoms with van der Waals surface area (Å²) in [6.07, 6.45) is 11.8. The third-order valence-corrected chi connectivity index (χ3v) is 2.50. The van der Waals surface area contributed by atoms with Gasteiger partial charge in [0, 0.05) is 6.21 Å². The molecule has 54 valence electrons. The van der Waals surface area contributed by atoms with Gasteiger partial charge >= 0.3 is 0 Å². The molecule has 1 heteroatoms. The van der Waals surface area contributed by atoms with E-state index in [9.17, 15) is 0 Å². The lowest BCUT2D eigenvalue weighted by molar-refractivity contribution is 0.362. The summed E-state index contributed by atoms with van der Waals surface area (Å²) in [5.74, 6) is 0.777. The summed E-state index contributed by atoms with van der Waals surface area (Å²) in [5, 5.41) is 0. The maximum atomic E-state index is 4.44. The van der Waals surface area contributed by atoms with Crippen molar-refractivity contribution in [3.8, 4) is 0 Å². The van der Waals surface area contributed by atoms with Gasteiger partial charge in [0.25, 0.3) is 0 Å². The molecule has 0 amide bonds. The zero-order valence-electron chi connectivity index (χ0n) is 6.16. The fourth-order valence-corrected chi connectivity index (χ4v) is 1.90. The highest BCUT2D eigenvalue weighted by molar-refractivity contribution is 5.72. The summed E-state index contributed by atoms with van der Waals surface area (Å²) in [7, 11) is 0. The van der Waals surface area contributed by atoms with Gasteiger partial charge in [0.1, 0.15) is 0 Å². The van der Waals surface area contributed by atoms with Crippen LogP contribution in [-0.4, -0.2) is 12.3 Å². The summed E-state index contributed by atoms with van der Waals surface area (Å²) in [5.41, 5.74) is 0. The summed E-state index contributed by atoms with van der Waals surface area (Å²) >= 11 is 0. The normalized spacial score (nSPS) is 37.6. The van der Waals surface area contributed by atoms with Crippen molar-refractivity contribution in [3.05, 3.63) is 12.2 Å².